The van der Waals surface area contributed by atoms with Crippen molar-refractivity contribution in [2.75, 3.05) is 0 Å². The van der Waals surface area contributed by atoms with Crippen LogP contribution in [0.1, 0.15) is 5.56 Å². The molecule has 0 aliphatic heterocycles. The van der Waals surface area contributed by atoms with Gasteiger partial charge in [0.2, 0.25) is 0 Å². The zero-order valence-electron chi connectivity index (χ0n) is 5.36. The Labute approximate surface area is 76.3 Å². The van der Waals surface area contributed by atoms with Crippen LogP contribution >= 0.6 is 31.9 Å². The molecule has 1 rings (SSSR count). The Bertz CT molecular complexity index is 235. The monoisotopic (exact) mass is 264 g/mol. The van der Waals surface area contributed by atoms with Gasteiger partial charge >= 0.3 is 0 Å². The Balaban J connectivity index is 3.31. The molecule has 0 saturated heterocycles. The minimum atomic E-state index is 0.270. The Hall–Kier alpha value is -0.0200. The van der Waals surface area contributed by atoms with Crippen LogP contribution in [0.5, 0.6) is 5.75 Å². The summed E-state index contributed by atoms with van der Waals surface area (Å²) in [4.78, 5) is 0. The molecule has 1 aromatic rings. The first-order chi connectivity index (χ1) is 4.61. The van der Waals surface area contributed by atoms with Crippen LogP contribution < -0.4 is 0 Å². The molecule has 0 atom stereocenters. The highest BCUT2D eigenvalue weighted by Crippen LogP contribution is 2.32. The van der Waals surface area contributed by atoms with Crippen molar-refractivity contribution in [3.05, 3.63) is 26.6 Å². The first-order valence-electron chi connectivity index (χ1n) is 2.76. The second-order valence-corrected chi connectivity index (χ2v) is 3.73. The fourth-order valence-electron chi connectivity index (χ4n) is 0.706. The molecule has 0 aromatic heterocycles. The van der Waals surface area contributed by atoms with E-state index >= 15 is 0 Å². The van der Waals surface area contributed by atoms with Gasteiger partial charge in [0.05, 0.1) is 4.47 Å². The Morgan fingerprint density at radius 3 is 2.40 bits per heavy atom. The molecule has 0 aliphatic carbocycles. The van der Waals surface area contributed by atoms with Gasteiger partial charge in [-0.1, -0.05) is 0 Å². The van der Waals surface area contributed by atoms with E-state index in [0.717, 1.165) is 10.0 Å². The highest BCUT2D eigenvalue weighted by atomic mass is 79.9. The van der Waals surface area contributed by atoms with Gasteiger partial charge < -0.3 is 5.11 Å². The van der Waals surface area contributed by atoms with Crippen molar-refractivity contribution in [3.8, 4) is 5.75 Å². The van der Waals surface area contributed by atoms with Crippen molar-refractivity contribution in [3.63, 3.8) is 0 Å². The van der Waals surface area contributed by atoms with Crippen LogP contribution in [0.2, 0.25) is 0 Å². The van der Waals surface area contributed by atoms with E-state index in [9.17, 15) is 5.11 Å². The Morgan fingerprint density at radius 1 is 1.30 bits per heavy atom. The van der Waals surface area contributed by atoms with Crippen LogP contribution in [0, 0.1) is 6.92 Å². The second-order valence-electron chi connectivity index (χ2n) is 2.08. The summed E-state index contributed by atoms with van der Waals surface area (Å²) in [5.74, 6) is 0.270. The Kier molecular flexibility index (Phi) is 2.36. The highest BCUT2D eigenvalue weighted by molar-refractivity contribution is 9.13. The van der Waals surface area contributed by atoms with Crippen LogP contribution in [0.15, 0.2) is 21.1 Å². The van der Waals surface area contributed by atoms with Crippen molar-refractivity contribution in [2.45, 2.75) is 6.92 Å². The molecule has 0 heterocycles. The number of phenols is 1. The summed E-state index contributed by atoms with van der Waals surface area (Å²) >= 11 is 6.51. The maximum atomic E-state index is 9.20. The molecule has 3 heteroatoms. The van der Waals surface area contributed by atoms with Gasteiger partial charge in [-0.05, 0) is 56.5 Å². The molecular formula is C7H6Br2O. The second kappa shape index (κ2) is 2.93. The number of hydrogen-bond acceptors (Lipinski definition) is 1. The summed E-state index contributed by atoms with van der Waals surface area (Å²) in [6.07, 6.45) is 0. The zero-order valence-corrected chi connectivity index (χ0v) is 8.53. The van der Waals surface area contributed by atoms with Crippen molar-refractivity contribution in [1.82, 2.24) is 0 Å². The van der Waals surface area contributed by atoms with Crippen molar-refractivity contribution >= 4 is 31.9 Å². The standard InChI is InChI=1S/C7H6Br2O/c1-4-2-5(8)7(9)6(10)3-4/h2-3,10H,1H3. The SMILES string of the molecule is Cc1cc(O)c(Br)c(Br)c1. The fourth-order valence-corrected chi connectivity index (χ4v) is 1.50. The van der Waals surface area contributed by atoms with Gasteiger partial charge in [0.15, 0.2) is 0 Å². The summed E-state index contributed by atoms with van der Waals surface area (Å²) in [6.45, 7) is 1.93. The van der Waals surface area contributed by atoms with Crippen molar-refractivity contribution < 1.29 is 5.11 Å². The largest absolute Gasteiger partial charge is 0.507 e. The van der Waals surface area contributed by atoms with Gasteiger partial charge in [-0.25, -0.2) is 0 Å². The number of rotatable bonds is 0. The lowest BCUT2D eigenvalue weighted by atomic mass is 10.2. The third kappa shape index (κ3) is 1.52. The van der Waals surface area contributed by atoms with Gasteiger partial charge in [0, 0.05) is 4.47 Å². The maximum Gasteiger partial charge on any atom is 0.131 e. The summed E-state index contributed by atoms with van der Waals surface area (Å²) in [5, 5.41) is 9.20. The van der Waals surface area contributed by atoms with Crippen molar-refractivity contribution in [1.29, 1.82) is 0 Å². The van der Waals surface area contributed by atoms with Gasteiger partial charge in [-0.3, -0.25) is 0 Å². The van der Waals surface area contributed by atoms with Crippen LogP contribution in [-0.4, -0.2) is 5.11 Å². The van der Waals surface area contributed by atoms with Crippen LogP contribution in [0.3, 0.4) is 0 Å². The molecular weight excluding hydrogens is 260 g/mol. The van der Waals surface area contributed by atoms with E-state index in [2.05, 4.69) is 31.9 Å². The molecule has 0 saturated carbocycles. The topological polar surface area (TPSA) is 20.2 Å². The molecule has 0 unspecified atom stereocenters. The normalized spacial score (nSPS) is 9.90. The fraction of sp³-hybridized carbons (Fsp3) is 0.143. The number of halogens is 2. The third-order valence-electron chi connectivity index (χ3n) is 1.15. The summed E-state index contributed by atoms with van der Waals surface area (Å²) in [7, 11) is 0. The molecule has 10 heavy (non-hydrogen) atoms. The molecule has 1 aromatic carbocycles. The van der Waals surface area contributed by atoms with E-state index in [1.54, 1.807) is 6.07 Å². The molecule has 0 fully saturated rings. The van der Waals surface area contributed by atoms with E-state index in [4.69, 9.17) is 0 Å². The minimum absolute atomic E-state index is 0.270. The van der Waals surface area contributed by atoms with E-state index in [-0.39, 0.29) is 5.75 Å². The van der Waals surface area contributed by atoms with Crippen LogP contribution in [0.4, 0.5) is 0 Å². The number of aromatic hydroxyl groups is 1. The first-order valence-corrected chi connectivity index (χ1v) is 4.34. The maximum absolute atomic E-state index is 9.20. The average Bonchev–Trinajstić information content (AvgIpc) is 1.82. The first kappa shape index (κ1) is 8.08. The van der Waals surface area contributed by atoms with Crippen LogP contribution in [0.25, 0.3) is 0 Å². The number of phenolic OH excluding ortho intramolecular Hbond substituents is 1. The number of aryl methyl sites for hydroxylation is 1. The van der Waals surface area contributed by atoms with Gasteiger partial charge in [0.25, 0.3) is 0 Å². The minimum Gasteiger partial charge on any atom is -0.507 e. The molecule has 0 spiro atoms. The average molecular weight is 266 g/mol. The highest BCUT2D eigenvalue weighted by Gasteiger charge is 2.01. The van der Waals surface area contributed by atoms with Gasteiger partial charge in [-0.15, -0.1) is 0 Å². The molecule has 1 N–H and O–H groups in total. The lowest BCUT2D eigenvalue weighted by Gasteiger charge is -2.00. The summed E-state index contributed by atoms with van der Waals surface area (Å²) in [5.41, 5.74) is 1.03. The quantitative estimate of drug-likeness (QED) is 0.764. The summed E-state index contributed by atoms with van der Waals surface area (Å²) < 4.78 is 1.59. The van der Waals surface area contributed by atoms with E-state index < -0.39 is 0 Å². The number of hydrogen-bond donors (Lipinski definition) is 1. The molecule has 0 radical (unpaired) electrons. The summed E-state index contributed by atoms with van der Waals surface area (Å²) in [6, 6.07) is 3.64. The van der Waals surface area contributed by atoms with Gasteiger partial charge in [-0.2, -0.15) is 0 Å². The van der Waals surface area contributed by atoms with E-state index in [0.29, 0.717) is 4.47 Å². The van der Waals surface area contributed by atoms with E-state index in [1.807, 2.05) is 13.0 Å². The zero-order chi connectivity index (χ0) is 7.72. The van der Waals surface area contributed by atoms with Crippen molar-refractivity contribution in [2.24, 2.45) is 0 Å². The lowest BCUT2D eigenvalue weighted by Crippen LogP contribution is -1.75. The molecule has 54 valence electrons. The molecule has 0 amide bonds. The smallest absolute Gasteiger partial charge is 0.131 e. The predicted octanol–water partition coefficient (Wildman–Crippen LogP) is 3.23. The van der Waals surface area contributed by atoms with E-state index in [1.165, 1.54) is 0 Å². The van der Waals surface area contributed by atoms with Gasteiger partial charge in [0.1, 0.15) is 5.75 Å². The number of benzene rings is 1. The molecule has 1 nitrogen and oxygen atoms in total. The molecule has 0 bridgehead atoms. The predicted molar refractivity (Wildman–Crippen MR) is 48.2 cm³/mol. The Morgan fingerprint density at radius 2 is 1.90 bits per heavy atom. The molecule has 0 aliphatic rings. The third-order valence-corrected chi connectivity index (χ3v) is 3.14. The lowest BCUT2D eigenvalue weighted by molar-refractivity contribution is 0.471. The van der Waals surface area contributed by atoms with Crippen LogP contribution in [-0.2, 0) is 0 Å².